The quantitative estimate of drug-likeness (QED) is 0.725. The van der Waals surface area contributed by atoms with E-state index in [4.69, 9.17) is 4.74 Å². The van der Waals surface area contributed by atoms with Gasteiger partial charge in [0.15, 0.2) is 0 Å². The molecule has 2 amide bonds. The number of carbonyl (C=O) groups excluding carboxylic acids is 2. The molecule has 0 N–H and O–H groups in total. The average molecular weight is 428 g/mol. The lowest BCUT2D eigenvalue weighted by molar-refractivity contribution is -0.142. The van der Waals surface area contributed by atoms with E-state index < -0.39 is 0 Å². The Morgan fingerprint density at radius 2 is 1.90 bits per heavy atom. The topological polar surface area (TPSA) is 53.1 Å². The molecule has 2 heterocycles. The maximum Gasteiger partial charge on any atom is 0.229 e. The van der Waals surface area contributed by atoms with Crippen LogP contribution in [0, 0.1) is 16.7 Å². The van der Waals surface area contributed by atoms with Crippen LogP contribution in [0.15, 0.2) is 24.3 Å². The van der Waals surface area contributed by atoms with Crippen LogP contribution in [0.25, 0.3) is 0 Å². The second-order valence-electron chi connectivity index (χ2n) is 10.0. The molecule has 1 aliphatic carbocycles. The molecule has 2 atom stereocenters. The lowest BCUT2D eigenvalue weighted by Gasteiger charge is -2.44. The Hall–Kier alpha value is -2.08. The Bertz CT molecular complexity index is 831. The summed E-state index contributed by atoms with van der Waals surface area (Å²) in [5.41, 5.74) is 0.963. The predicted octanol–water partition coefficient (Wildman–Crippen LogP) is 2.67. The van der Waals surface area contributed by atoms with E-state index in [1.807, 2.05) is 43.3 Å². The Balaban J connectivity index is 1.44. The monoisotopic (exact) mass is 427 g/mol. The van der Waals surface area contributed by atoms with E-state index in [-0.39, 0.29) is 16.7 Å². The van der Waals surface area contributed by atoms with Gasteiger partial charge < -0.3 is 19.4 Å². The summed E-state index contributed by atoms with van der Waals surface area (Å²) >= 11 is 0. The average Bonchev–Trinajstić information content (AvgIpc) is 3.30. The van der Waals surface area contributed by atoms with Crippen molar-refractivity contribution in [1.82, 2.24) is 14.7 Å². The van der Waals surface area contributed by atoms with E-state index >= 15 is 0 Å². The van der Waals surface area contributed by atoms with Gasteiger partial charge in [-0.1, -0.05) is 19.1 Å². The van der Waals surface area contributed by atoms with Crippen molar-refractivity contribution in [3.05, 3.63) is 29.8 Å². The van der Waals surface area contributed by atoms with Gasteiger partial charge >= 0.3 is 0 Å². The highest BCUT2D eigenvalue weighted by Crippen LogP contribution is 2.62. The van der Waals surface area contributed by atoms with Crippen molar-refractivity contribution in [2.45, 2.75) is 39.0 Å². The van der Waals surface area contributed by atoms with Crippen LogP contribution in [0.2, 0.25) is 0 Å². The zero-order valence-electron chi connectivity index (χ0n) is 19.5. The van der Waals surface area contributed by atoms with Crippen molar-refractivity contribution in [3.8, 4) is 5.75 Å². The molecular formula is C25H37N3O3. The predicted molar refractivity (Wildman–Crippen MR) is 121 cm³/mol. The number of hydrogen-bond acceptors (Lipinski definition) is 4. The summed E-state index contributed by atoms with van der Waals surface area (Å²) in [4.78, 5) is 32.6. The Kier molecular flexibility index (Phi) is 6.03. The number of rotatable bonds is 5. The van der Waals surface area contributed by atoms with Crippen LogP contribution < -0.4 is 4.74 Å². The van der Waals surface area contributed by atoms with Gasteiger partial charge in [0.2, 0.25) is 11.8 Å². The van der Waals surface area contributed by atoms with Crippen LogP contribution in [0.5, 0.6) is 5.75 Å². The first-order valence-corrected chi connectivity index (χ1v) is 11.7. The maximum atomic E-state index is 13.3. The maximum absolute atomic E-state index is 13.3. The Labute approximate surface area is 186 Å². The molecule has 6 heteroatoms. The number of fused-ring (bicyclic) bond motifs is 2. The van der Waals surface area contributed by atoms with E-state index in [9.17, 15) is 9.59 Å². The van der Waals surface area contributed by atoms with Gasteiger partial charge in [-0.05, 0) is 61.3 Å². The summed E-state index contributed by atoms with van der Waals surface area (Å²) in [6, 6.07) is 7.77. The van der Waals surface area contributed by atoms with Crippen LogP contribution in [-0.4, -0.2) is 80.4 Å². The van der Waals surface area contributed by atoms with Crippen molar-refractivity contribution in [1.29, 1.82) is 0 Å². The highest BCUT2D eigenvalue weighted by molar-refractivity contribution is 5.84. The van der Waals surface area contributed by atoms with Gasteiger partial charge in [0.25, 0.3) is 0 Å². The fraction of sp³-hybridized carbons (Fsp3) is 0.680. The Morgan fingerprint density at radius 3 is 2.55 bits per heavy atom. The number of methoxy groups -OCH3 is 1. The molecule has 2 saturated heterocycles. The number of hydrogen-bond donors (Lipinski definition) is 0. The van der Waals surface area contributed by atoms with Gasteiger partial charge in [-0.2, -0.15) is 0 Å². The molecule has 0 radical (unpaired) electrons. The third-order valence-corrected chi connectivity index (χ3v) is 8.30. The van der Waals surface area contributed by atoms with Gasteiger partial charge in [-0.15, -0.1) is 0 Å². The standard InChI is InChI=1S/C25H37N3O3/c1-5-27-17-21-24(9-10-25(21,18-27)23(30)26(2)3)11-13-28(14-12-24)22(29)16-19-7-6-8-20(15-19)31-4/h6-8,15,21H,5,9-14,16-18H2,1-4H3/t21-,25+/m1/s1. The fourth-order valence-corrected chi connectivity index (χ4v) is 6.56. The number of benzene rings is 1. The molecule has 1 aromatic carbocycles. The molecule has 0 unspecified atom stereocenters. The minimum Gasteiger partial charge on any atom is -0.497 e. The summed E-state index contributed by atoms with van der Waals surface area (Å²) < 4.78 is 5.29. The fourth-order valence-electron chi connectivity index (χ4n) is 6.56. The van der Waals surface area contributed by atoms with E-state index in [0.29, 0.717) is 18.2 Å². The highest BCUT2D eigenvalue weighted by Gasteiger charge is 2.64. The minimum atomic E-state index is -0.230. The zero-order chi connectivity index (χ0) is 22.2. The molecule has 0 bridgehead atoms. The lowest BCUT2D eigenvalue weighted by Crippen LogP contribution is -2.49. The number of carbonyl (C=O) groups is 2. The second-order valence-corrected chi connectivity index (χ2v) is 10.0. The third-order valence-electron chi connectivity index (χ3n) is 8.30. The molecule has 1 spiro atoms. The summed E-state index contributed by atoms with van der Waals surface area (Å²) in [6.07, 6.45) is 4.55. The van der Waals surface area contributed by atoms with Crippen molar-refractivity contribution >= 4 is 11.8 Å². The molecule has 1 aromatic rings. The van der Waals surface area contributed by atoms with Gasteiger partial charge in [0.1, 0.15) is 5.75 Å². The lowest BCUT2D eigenvalue weighted by atomic mass is 9.65. The molecule has 6 nitrogen and oxygen atoms in total. The number of likely N-dealkylation sites (tertiary alicyclic amines) is 2. The molecule has 0 aromatic heterocycles. The van der Waals surface area contributed by atoms with Crippen molar-refractivity contribution < 1.29 is 14.3 Å². The number of ether oxygens (including phenoxy) is 1. The summed E-state index contributed by atoms with van der Waals surface area (Å²) in [5, 5.41) is 0. The Morgan fingerprint density at radius 1 is 1.16 bits per heavy atom. The van der Waals surface area contributed by atoms with Crippen LogP contribution >= 0.6 is 0 Å². The van der Waals surface area contributed by atoms with Gasteiger partial charge in [0.05, 0.1) is 18.9 Å². The van der Waals surface area contributed by atoms with E-state index in [1.165, 1.54) is 0 Å². The van der Waals surface area contributed by atoms with Crippen LogP contribution in [0.4, 0.5) is 0 Å². The number of amides is 2. The molecule has 3 aliphatic rings. The van der Waals surface area contributed by atoms with E-state index in [1.54, 1.807) is 12.0 Å². The van der Waals surface area contributed by atoms with Crippen molar-refractivity contribution in [3.63, 3.8) is 0 Å². The number of nitrogens with zero attached hydrogens (tertiary/aromatic N) is 3. The normalized spacial score (nSPS) is 27.4. The van der Waals surface area contributed by atoms with Crippen molar-refractivity contribution in [2.75, 3.05) is 53.9 Å². The summed E-state index contributed by atoms with van der Waals surface area (Å²) in [5.74, 6) is 1.70. The highest BCUT2D eigenvalue weighted by atomic mass is 16.5. The molecular weight excluding hydrogens is 390 g/mol. The first-order chi connectivity index (χ1) is 14.8. The van der Waals surface area contributed by atoms with Gasteiger partial charge in [0, 0.05) is 40.3 Å². The summed E-state index contributed by atoms with van der Waals surface area (Å²) in [7, 11) is 5.44. The van der Waals surface area contributed by atoms with E-state index in [0.717, 1.165) is 69.7 Å². The first kappa shape index (κ1) is 22.1. The summed E-state index contributed by atoms with van der Waals surface area (Å²) in [6.45, 7) is 6.72. The smallest absolute Gasteiger partial charge is 0.229 e. The minimum absolute atomic E-state index is 0.193. The van der Waals surface area contributed by atoms with Crippen molar-refractivity contribution in [2.24, 2.45) is 16.7 Å². The number of piperidine rings is 1. The first-order valence-electron chi connectivity index (χ1n) is 11.7. The molecule has 2 aliphatic heterocycles. The SMILES string of the molecule is CCN1C[C@@H]2C3(CCN(C(=O)Cc4cccc(OC)c4)CC3)CC[C@]2(C(=O)N(C)C)C1. The zero-order valence-corrected chi connectivity index (χ0v) is 19.5. The second kappa shape index (κ2) is 8.45. The molecule has 1 saturated carbocycles. The van der Waals surface area contributed by atoms with Crippen LogP contribution in [0.1, 0.15) is 38.2 Å². The van der Waals surface area contributed by atoms with Crippen LogP contribution in [-0.2, 0) is 16.0 Å². The largest absolute Gasteiger partial charge is 0.497 e. The molecule has 31 heavy (non-hydrogen) atoms. The van der Waals surface area contributed by atoms with Gasteiger partial charge in [-0.3, -0.25) is 9.59 Å². The molecule has 3 fully saturated rings. The van der Waals surface area contributed by atoms with E-state index in [2.05, 4.69) is 11.8 Å². The third kappa shape index (κ3) is 3.84. The molecule has 170 valence electrons. The van der Waals surface area contributed by atoms with Crippen LogP contribution in [0.3, 0.4) is 0 Å². The molecule has 4 rings (SSSR count). The van der Waals surface area contributed by atoms with Gasteiger partial charge in [-0.25, -0.2) is 0 Å².